The van der Waals surface area contributed by atoms with Crippen molar-refractivity contribution in [2.45, 2.75) is 13.0 Å². The average molecular weight is 332 g/mol. The molecule has 1 atom stereocenters. The van der Waals surface area contributed by atoms with E-state index in [1.165, 1.54) is 4.88 Å². The van der Waals surface area contributed by atoms with Crippen molar-refractivity contribution in [2.24, 2.45) is 0 Å². The van der Waals surface area contributed by atoms with Gasteiger partial charge in [0.2, 0.25) is 0 Å². The zero-order valence-corrected chi connectivity index (χ0v) is 14.2. The second-order valence-electron chi connectivity index (χ2n) is 5.22. The van der Waals surface area contributed by atoms with Crippen LogP contribution in [0.1, 0.15) is 17.8 Å². The summed E-state index contributed by atoms with van der Waals surface area (Å²) in [5.74, 6) is 0. The summed E-state index contributed by atoms with van der Waals surface area (Å²) < 4.78 is 28.7. The van der Waals surface area contributed by atoms with Crippen LogP contribution in [-0.2, 0) is 10.2 Å². The lowest BCUT2D eigenvalue weighted by Gasteiger charge is -2.37. The fraction of sp³-hybridized carbons (Fsp3) is 0.692. The largest absolute Gasteiger partial charge is 0.304 e. The van der Waals surface area contributed by atoms with Crippen molar-refractivity contribution < 1.29 is 8.42 Å². The van der Waals surface area contributed by atoms with Crippen molar-refractivity contribution in [1.82, 2.24) is 19.2 Å². The molecule has 1 aliphatic heterocycles. The van der Waals surface area contributed by atoms with Crippen LogP contribution < -0.4 is 9.44 Å². The van der Waals surface area contributed by atoms with E-state index >= 15 is 0 Å². The van der Waals surface area contributed by atoms with Gasteiger partial charge in [0, 0.05) is 44.1 Å². The highest BCUT2D eigenvalue weighted by Gasteiger charge is 2.25. The van der Waals surface area contributed by atoms with E-state index in [1.807, 2.05) is 11.4 Å². The fourth-order valence-corrected chi connectivity index (χ4v) is 4.17. The minimum atomic E-state index is -3.40. The summed E-state index contributed by atoms with van der Waals surface area (Å²) in [5, 5.41) is 2.04. The third-order valence-electron chi connectivity index (χ3n) is 3.65. The van der Waals surface area contributed by atoms with Crippen LogP contribution in [0.2, 0.25) is 0 Å². The molecule has 0 spiro atoms. The molecule has 0 radical (unpaired) electrons. The molecule has 1 aliphatic rings. The van der Waals surface area contributed by atoms with Gasteiger partial charge in [0.1, 0.15) is 0 Å². The molecular weight excluding hydrogens is 308 g/mol. The van der Waals surface area contributed by atoms with Gasteiger partial charge in [-0.3, -0.25) is 4.90 Å². The molecule has 1 unspecified atom stereocenters. The molecule has 2 rings (SSSR count). The number of thiophene rings is 1. The lowest BCUT2D eigenvalue weighted by Crippen LogP contribution is -2.49. The van der Waals surface area contributed by atoms with E-state index in [0.29, 0.717) is 13.1 Å². The first kappa shape index (κ1) is 16.9. The summed E-state index contributed by atoms with van der Waals surface area (Å²) in [5.41, 5.74) is 0. The Morgan fingerprint density at radius 1 is 1.29 bits per heavy atom. The Labute approximate surface area is 131 Å². The van der Waals surface area contributed by atoms with E-state index in [0.717, 1.165) is 26.2 Å². The van der Waals surface area contributed by atoms with Crippen LogP contribution in [0, 0.1) is 0 Å². The second kappa shape index (κ2) is 7.66. The molecule has 1 aromatic rings. The standard InChI is InChI=1S/C13H24N4O2S2/c1-3-14-21(18,19)15-11-12(13-5-4-10-20-13)17-8-6-16(2)7-9-17/h4-5,10,12,14-15H,3,6-9,11H2,1-2H3. The minimum Gasteiger partial charge on any atom is -0.304 e. The van der Waals surface area contributed by atoms with Gasteiger partial charge in [-0.1, -0.05) is 13.0 Å². The first-order valence-corrected chi connectivity index (χ1v) is 9.58. The van der Waals surface area contributed by atoms with E-state index in [1.54, 1.807) is 18.3 Å². The minimum absolute atomic E-state index is 0.104. The molecule has 0 bridgehead atoms. The molecule has 8 heteroatoms. The molecule has 0 saturated carbocycles. The van der Waals surface area contributed by atoms with Crippen molar-refractivity contribution >= 4 is 21.5 Å². The first-order valence-electron chi connectivity index (χ1n) is 7.22. The molecule has 1 saturated heterocycles. The SMILES string of the molecule is CCNS(=O)(=O)NCC(c1cccs1)N1CCN(C)CC1. The van der Waals surface area contributed by atoms with Crippen molar-refractivity contribution in [3.63, 3.8) is 0 Å². The summed E-state index contributed by atoms with van der Waals surface area (Å²) in [4.78, 5) is 5.87. The summed E-state index contributed by atoms with van der Waals surface area (Å²) in [6.07, 6.45) is 0. The maximum atomic E-state index is 11.8. The monoisotopic (exact) mass is 332 g/mol. The normalized spacial score (nSPS) is 19.7. The van der Waals surface area contributed by atoms with Gasteiger partial charge in [0.25, 0.3) is 10.2 Å². The summed E-state index contributed by atoms with van der Waals surface area (Å²) in [7, 11) is -1.28. The molecule has 21 heavy (non-hydrogen) atoms. The van der Waals surface area contributed by atoms with Crippen LogP contribution in [0.3, 0.4) is 0 Å². The van der Waals surface area contributed by atoms with E-state index < -0.39 is 10.2 Å². The van der Waals surface area contributed by atoms with Gasteiger partial charge < -0.3 is 4.90 Å². The third-order valence-corrected chi connectivity index (χ3v) is 5.84. The highest BCUT2D eigenvalue weighted by molar-refractivity contribution is 7.87. The molecule has 0 aromatic carbocycles. The number of hydrogen-bond acceptors (Lipinski definition) is 5. The van der Waals surface area contributed by atoms with Gasteiger partial charge >= 0.3 is 0 Å². The van der Waals surface area contributed by atoms with Crippen LogP contribution >= 0.6 is 11.3 Å². The zero-order valence-electron chi connectivity index (χ0n) is 12.6. The van der Waals surface area contributed by atoms with Crippen LogP contribution in [0.15, 0.2) is 17.5 Å². The lowest BCUT2D eigenvalue weighted by molar-refractivity contribution is 0.114. The van der Waals surface area contributed by atoms with Crippen molar-refractivity contribution in [3.8, 4) is 0 Å². The second-order valence-corrected chi connectivity index (χ2v) is 7.78. The number of likely N-dealkylation sites (N-methyl/N-ethyl adjacent to an activating group) is 1. The van der Waals surface area contributed by atoms with Gasteiger partial charge in [-0.05, 0) is 18.5 Å². The van der Waals surface area contributed by atoms with Crippen LogP contribution in [0.25, 0.3) is 0 Å². The smallest absolute Gasteiger partial charge is 0.276 e. The highest BCUT2D eigenvalue weighted by Crippen LogP contribution is 2.25. The number of piperazine rings is 1. The van der Waals surface area contributed by atoms with Crippen LogP contribution in [0.5, 0.6) is 0 Å². The molecule has 1 fully saturated rings. The number of nitrogens with zero attached hydrogens (tertiary/aromatic N) is 2. The van der Waals surface area contributed by atoms with Crippen molar-refractivity contribution in [1.29, 1.82) is 0 Å². The topological polar surface area (TPSA) is 64.7 Å². The van der Waals surface area contributed by atoms with E-state index in [4.69, 9.17) is 0 Å². The Hall–Kier alpha value is -0.510. The Balaban J connectivity index is 2.03. The third kappa shape index (κ3) is 5.01. The summed E-state index contributed by atoms with van der Waals surface area (Å²) in [6, 6.07) is 4.20. The van der Waals surface area contributed by atoms with E-state index in [9.17, 15) is 8.42 Å². The quantitative estimate of drug-likeness (QED) is 0.762. The van der Waals surface area contributed by atoms with Crippen molar-refractivity contribution in [3.05, 3.63) is 22.4 Å². The highest BCUT2D eigenvalue weighted by atomic mass is 32.2. The first-order chi connectivity index (χ1) is 10.0. The average Bonchev–Trinajstić information content (AvgIpc) is 2.95. The Morgan fingerprint density at radius 3 is 2.57 bits per heavy atom. The molecule has 0 amide bonds. The van der Waals surface area contributed by atoms with E-state index in [-0.39, 0.29) is 6.04 Å². The fourth-order valence-electron chi connectivity index (χ4n) is 2.45. The van der Waals surface area contributed by atoms with Crippen LogP contribution in [0.4, 0.5) is 0 Å². The van der Waals surface area contributed by atoms with Gasteiger partial charge in [0.15, 0.2) is 0 Å². The maximum absolute atomic E-state index is 11.8. The Morgan fingerprint density at radius 2 is 2.00 bits per heavy atom. The molecule has 6 nitrogen and oxygen atoms in total. The summed E-state index contributed by atoms with van der Waals surface area (Å²) in [6.45, 7) is 6.52. The van der Waals surface area contributed by atoms with Crippen LogP contribution in [-0.4, -0.2) is 64.5 Å². The molecule has 120 valence electrons. The number of nitrogens with one attached hydrogen (secondary N) is 2. The van der Waals surface area contributed by atoms with E-state index in [2.05, 4.69) is 32.4 Å². The Kier molecular flexibility index (Phi) is 6.15. The lowest BCUT2D eigenvalue weighted by atomic mass is 10.2. The molecule has 0 aliphatic carbocycles. The van der Waals surface area contributed by atoms with Gasteiger partial charge in [-0.15, -0.1) is 11.3 Å². The van der Waals surface area contributed by atoms with Crippen molar-refractivity contribution in [2.75, 3.05) is 46.3 Å². The van der Waals surface area contributed by atoms with Gasteiger partial charge in [-0.25, -0.2) is 9.44 Å². The van der Waals surface area contributed by atoms with Gasteiger partial charge in [-0.2, -0.15) is 8.42 Å². The molecular formula is C13H24N4O2S2. The predicted octanol–water partition coefficient (Wildman–Crippen LogP) is 0.481. The molecule has 2 heterocycles. The Bertz CT molecular complexity index is 510. The van der Waals surface area contributed by atoms with Gasteiger partial charge in [0.05, 0.1) is 6.04 Å². The number of rotatable bonds is 7. The predicted molar refractivity (Wildman–Crippen MR) is 86.7 cm³/mol. The summed E-state index contributed by atoms with van der Waals surface area (Å²) >= 11 is 1.68. The maximum Gasteiger partial charge on any atom is 0.276 e. The molecule has 2 N–H and O–H groups in total. The zero-order chi connectivity index (χ0) is 15.3. The molecule has 1 aromatic heterocycles. The number of hydrogen-bond donors (Lipinski definition) is 2.